The summed E-state index contributed by atoms with van der Waals surface area (Å²) in [5.41, 5.74) is 0.772. The lowest BCUT2D eigenvalue weighted by Gasteiger charge is -1.90. The van der Waals surface area contributed by atoms with Gasteiger partial charge in [0.2, 0.25) is 0 Å². The molecule has 0 aromatic carbocycles. The van der Waals surface area contributed by atoms with Crippen molar-refractivity contribution in [1.82, 2.24) is 9.97 Å². The van der Waals surface area contributed by atoms with Gasteiger partial charge in [-0.05, 0) is 39.8 Å². The van der Waals surface area contributed by atoms with Crippen LogP contribution in [0.15, 0.2) is 22.8 Å². The Balaban J connectivity index is 0.000000195. The van der Waals surface area contributed by atoms with Gasteiger partial charge in [0.1, 0.15) is 6.33 Å². The SMILES string of the molecule is O=P(Cl)(Cl)Cl.O=S1C=Cc2ncncc21. The van der Waals surface area contributed by atoms with Crippen molar-refractivity contribution in [2.75, 3.05) is 0 Å². The fourth-order valence-corrected chi connectivity index (χ4v) is 1.70. The Morgan fingerprint density at radius 1 is 1.33 bits per heavy atom. The lowest BCUT2D eigenvalue weighted by atomic mass is 10.4. The largest absolute Gasteiger partial charge is 0.339 e. The van der Waals surface area contributed by atoms with Crippen molar-refractivity contribution in [3.05, 3.63) is 23.6 Å². The molecule has 1 aliphatic heterocycles. The van der Waals surface area contributed by atoms with Crippen LogP contribution in [-0.2, 0) is 15.4 Å². The standard InChI is InChI=1S/C6H4N2OS.Cl3OP/c9-10-2-1-5-6(10)3-7-4-8-5;1-5(2,3)4/h1-4H;. The molecule has 1 aromatic rings. The van der Waals surface area contributed by atoms with Crippen LogP contribution in [0.25, 0.3) is 6.08 Å². The van der Waals surface area contributed by atoms with Crippen molar-refractivity contribution in [3.63, 3.8) is 0 Å². The molecule has 0 saturated heterocycles. The summed E-state index contributed by atoms with van der Waals surface area (Å²) in [5, 5.41) is -1.61. The molecule has 0 fully saturated rings. The molecule has 1 atom stereocenters. The van der Waals surface area contributed by atoms with E-state index in [1.165, 1.54) is 6.33 Å². The molecule has 82 valence electrons. The molecule has 2 rings (SSSR count). The number of hydrogen-bond donors (Lipinski definition) is 0. The van der Waals surface area contributed by atoms with Gasteiger partial charge in [-0.25, -0.2) is 14.2 Å². The average Bonchev–Trinajstić information content (AvgIpc) is 2.46. The van der Waals surface area contributed by atoms with Crippen molar-refractivity contribution < 1.29 is 8.77 Å². The molecular weight excluding hydrogens is 301 g/mol. The average molecular weight is 306 g/mol. The van der Waals surface area contributed by atoms with Gasteiger partial charge in [0.25, 0.3) is 0 Å². The van der Waals surface area contributed by atoms with E-state index in [0.29, 0.717) is 4.90 Å². The summed E-state index contributed by atoms with van der Waals surface area (Å²) >= 11 is 13.8. The van der Waals surface area contributed by atoms with Gasteiger partial charge >= 0.3 is 5.20 Å². The number of halogens is 3. The van der Waals surface area contributed by atoms with E-state index in [-0.39, 0.29) is 0 Å². The third-order valence-electron chi connectivity index (χ3n) is 1.27. The molecule has 15 heavy (non-hydrogen) atoms. The van der Waals surface area contributed by atoms with E-state index in [4.69, 9.17) is 0 Å². The van der Waals surface area contributed by atoms with E-state index >= 15 is 0 Å². The predicted octanol–water partition coefficient (Wildman–Crippen LogP) is 3.38. The quantitative estimate of drug-likeness (QED) is 0.689. The number of rotatable bonds is 0. The van der Waals surface area contributed by atoms with E-state index < -0.39 is 16.0 Å². The molecule has 0 N–H and O–H groups in total. The minimum absolute atomic E-state index is 0.711. The maximum absolute atomic E-state index is 11.0. The second-order valence-electron chi connectivity index (χ2n) is 2.27. The Hall–Kier alpha value is 0.0700. The summed E-state index contributed by atoms with van der Waals surface area (Å²) in [4.78, 5) is 8.39. The van der Waals surface area contributed by atoms with Crippen LogP contribution in [0.2, 0.25) is 0 Å². The van der Waals surface area contributed by atoms with E-state index in [2.05, 4.69) is 43.7 Å². The number of hydrogen-bond acceptors (Lipinski definition) is 4. The third-order valence-corrected chi connectivity index (χ3v) is 2.41. The van der Waals surface area contributed by atoms with Crippen LogP contribution >= 0.6 is 38.9 Å². The van der Waals surface area contributed by atoms with Crippen LogP contribution in [0, 0.1) is 0 Å². The zero-order valence-corrected chi connectivity index (χ0v) is 11.0. The maximum Gasteiger partial charge on any atom is 0.339 e. The van der Waals surface area contributed by atoms with Crippen LogP contribution in [0.5, 0.6) is 0 Å². The van der Waals surface area contributed by atoms with Crippen molar-refractivity contribution in [2.24, 2.45) is 0 Å². The zero-order chi connectivity index (χ0) is 11.5. The fourth-order valence-electron chi connectivity index (χ4n) is 0.806. The maximum atomic E-state index is 11.0. The molecular formula is C6H4Cl3N2O2PS. The van der Waals surface area contributed by atoms with Crippen molar-refractivity contribution in [1.29, 1.82) is 0 Å². The van der Waals surface area contributed by atoms with Crippen molar-refractivity contribution in [2.45, 2.75) is 4.90 Å². The summed E-state index contributed by atoms with van der Waals surface area (Å²) in [6.07, 6.45) is 4.78. The molecule has 0 aliphatic carbocycles. The lowest BCUT2D eigenvalue weighted by Crippen LogP contribution is -1.88. The van der Waals surface area contributed by atoms with Crippen LogP contribution in [0.3, 0.4) is 0 Å². The summed E-state index contributed by atoms with van der Waals surface area (Å²) in [7, 11) is -1.00. The molecule has 2 heterocycles. The molecule has 4 nitrogen and oxygen atoms in total. The smallest absolute Gasteiger partial charge is 0.271 e. The fraction of sp³-hybridized carbons (Fsp3) is 0. The van der Waals surface area contributed by atoms with E-state index in [1.54, 1.807) is 17.7 Å². The molecule has 1 unspecified atom stereocenters. The van der Waals surface area contributed by atoms with Gasteiger partial charge in [0.15, 0.2) is 0 Å². The number of nitrogens with zero attached hydrogens (tertiary/aromatic N) is 2. The summed E-state index contributed by atoms with van der Waals surface area (Å²) in [6.45, 7) is 0. The highest BCUT2D eigenvalue weighted by Gasteiger charge is 2.11. The Morgan fingerprint density at radius 2 is 1.93 bits per heavy atom. The molecule has 1 aliphatic rings. The summed E-state index contributed by atoms with van der Waals surface area (Å²) in [5.74, 6) is 0. The molecule has 0 saturated carbocycles. The van der Waals surface area contributed by atoms with Crippen LogP contribution in [0.1, 0.15) is 5.69 Å². The van der Waals surface area contributed by atoms with Crippen molar-refractivity contribution >= 4 is 55.8 Å². The van der Waals surface area contributed by atoms with Crippen LogP contribution in [0.4, 0.5) is 0 Å². The Bertz CT molecular complexity index is 453. The van der Waals surface area contributed by atoms with Crippen molar-refractivity contribution in [3.8, 4) is 0 Å². The number of fused-ring (bicyclic) bond motifs is 1. The van der Waals surface area contributed by atoms with Gasteiger partial charge in [-0.2, -0.15) is 0 Å². The first kappa shape index (κ1) is 13.1. The Morgan fingerprint density at radius 3 is 2.47 bits per heavy atom. The minimum atomic E-state index is -3.22. The molecule has 0 radical (unpaired) electrons. The topological polar surface area (TPSA) is 59.9 Å². The molecule has 1 aromatic heterocycles. The van der Waals surface area contributed by atoms with E-state index in [1.807, 2.05) is 0 Å². The van der Waals surface area contributed by atoms with Gasteiger partial charge in [0, 0.05) is 11.6 Å². The van der Waals surface area contributed by atoms with Crippen LogP contribution < -0.4 is 0 Å². The molecule has 0 spiro atoms. The Kier molecular flexibility index (Phi) is 4.74. The van der Waals surface area contributed by atoms with Gasteiger partial charge < -0.3 is 0 Å². The van der Waals surface area contributed by atoms with E-state index in [0.717, 1.165) is 5.69 Å². The predicted molar refractivity (Wildman–Crippen MR) is 62.6 cm³/mol. The first-order valence-electron chi connectivity index (χ1n) is 3.46. The zero-order valence-electron chi connectivity index (χ0n) is 7.01. The first-order valence-corrected chi connectivity index (χ1v) is 9.09. The minimum Gasteiger partial charge on any atom is -0.271 e. The highest BCUT2D eigenvalue weighted by Crippen LogP contribution is 2.61. The highest BCUT2D eigenvalue weighted by atomic mass is 36.0. The van der Waals surface area contributed by atoms with Gasteiger partial charge in [-0.1, -0.05) is 0 Å². The molecule has 0 bridgehead atoms. The van der Waals surface area contributed by atoms with Gasteiger partial charge in [0.05, 0.1) is 21.4 Å². The monoisotopic (exact) mass is 304 g/mol. The highest BCUT2D eigenvalue weighted by molar-refractivity contribution is 8.24. The Labute approximate surface area is 103 Å². The summed E-state index contributed by atoms with van der Waals surface area (Å²) < 4.78 is 20.5. The molecule has 9 heteroatoms. The van der Waals surface area contributed by atoms with Gasteiger partial charge in [-0.15, -0.1) is 0 Å². The normalized spacial score (nSPS) is 17.9. The lowest BCUT2D eigenvalue weighted by molar-refractivity contribution is 0.600. The second-order valence-corrected chi connectivity index (χ2v) is 10.2. The molecule has 0 amide bonds. The number of aromatic nitrogens is 2. The third kappa shape index (κ3) is 5.09. The van der Waals surface area contributed by atoms with Crippen LogP contribution in [-0.4, -0.2) is 14.2 Å². The second kappa shape index (κ2) is 5.41. The van der Waals surface area contributed by atoms with E-state index in [9.17, 15) is 8.77 Å². The van der Waals surface area contributed by atoms with Gasteiger partial charge in [-0.3, -0.25) is 4.57 Å². The first-order chi connectivity index (χ1) is 6.88. The summed E-state index contributed by atoms with van der Waals surface area (Å²) in [6, 6.07) is 0.